The second-order valence-electron chi connectivity index (χ2n) is 6.01. The van der Waals surface area contributed by atoms with Crippen LogP contribution in [0.5, 0.6) is 11.5 Å². The van der Waals surface area contributed by atoms with Crippen LogP contribution in [0.4, 0.5) is 11.4 Å². The highest BCUT2D eigenvalue weighted by Crippen LogP contribution is 2.29. The molecule has 0 atom stereocenters. The Hall–Kier alpha value is -3.39. The SMILES string of the molecule is COc1ccc([N+](=O)[O-])cc1NC(=O)c1ccc(COc2ccccc2Br)cc1. The van der Waals surface area contributed by atoms with E-state index in [1.54, 1.807) is 24.3 Å². The summed E-state index contributed by atoms with van der Waals surface area (Å²) < 4.78 is 11.8. The molecule has 8 heteroatoms. The number of benzene rings is 3. The number of para-hydroxylation sites is 1. The molecule has 0 aliphatic rings. The van der Waals surface area contributed by atoms with Gasteiger partial charge in [0, 0.05) is 17.7 Å². The number of carbonyl (C=O) groups excluding carboxylic acids is 1. The van der Waals surface area contributed by atoms with Crippen LogP contribution in [0.1, 0.15) is 15.9 Å². The lowest BCUT2D eigenvalue weighted by Gasteiger charge is -2.11. The van der Waals surface area contributed by atoms with E-state index in [0.29, 0.717) is 17.9 Å². The van der Waals surface area contributed by atoms with Crippen LogP contribution in [0, 0.1) is 10.1 Å². The van der Waals surface area contributed by atoms with Crippen LogP contribution in [0.15, 0.2) is 71.2 Å². The third kappa shape index (κ3) is 5.11. The fourth-order valence-corrected chi connectivity index (χ4v) is 2.98. The number of nitrogens with one attached hydrogen (secondary N) is 1. The van der Waals surface area contributed by atoms with Crippen molar-refractivity contribution in [1.82, 2.24) is 0 Å². The number of nitrogens with zero attached hydrogens (tertiary/aromatic N) is 1. The number of anilines is 1. The molecular weight excluding hydrogens is 440 g/mol. The molecule has 0 saturated carbocycles. The number of amides is 1. The molecule has 0 fully saturated rings. The van der Waals surface area contributed by atoms with Crippen LogP contribution in [0.25, 0.3) is 0 Å². The molecule has 3 aromatic carbocycles. The molecule has 3 rings (SSSR count). The zero-order valence-electron chi connectivity index (χ0n) is 15.4. The summed E-state index contributed by atoms with van der Waals surface area (Å²) in [5.41, 5.74) is 1.39. The first-order valence-electron chi connectivity index (χ1n) is 8.58. The number of nitro benzene ring substituents is 1. The molecule has 0 heterocycles. The topological polar surface area (TPSA) is 90.7 Å². The highest BCUT2D eigenvalue weighted by atomic mass is 79.9. The summed E-state index contributed by atoms with van der Waals surface area (Å²) in [6.45, 7) is 0.350. The molecular formula is C21H17BrN2O5. The summed E-state index contributed by atoms with van der Waals surface area (Å²) in [5, 5.41) is 13.6. The molecule has 0 bridgehead atoms. The van der Waals surface area contributed by atoms with Crippen LogP contribution >= 0.6 is 15.9 Å². The third-order valence-corrected chi connectivity index (χ3v) is 4.74. The van der Waals surface area contributed by atoms with E-state index in [2.05, 4.69) is 21.2 Å². The molecule has 0 spiro atoms. The smallest absolute Gasteiger partial charge is 0.271 e. The van der Waals surface area contributed by atoms with Gasteiger partial charge in [0.2, 0.25) is 0 Å². The number of hydrogen-bond acceptors (Lipinski definition) is 5. The number of hydrogen-bond donors (Lipinski definition) is 1. The summed E-state index contributed by atoms with van der Waals surface area (Å²) in [4.78, 5) is 23.0. The molecule has 0 radical (unpaired) electrons. The summed E-state index contributed by atoms with van der Waals surface area (Å²) in [5.74, 6) is 0.663. The Balaban J connectivity index is 1.68. The maximum atomic E-state index is 12.5. The molecule has 0 aliphatic heterocycles. The lowest BCUT2D eigenvalue weighted by atomic mass is 10.1. The van der Waals surface area contributed by atoms with Crippen molar-refractivity contribution in [3.63, 3.8) is 0 Å². The molecule has 1 N–H and O–H groups in total. The Morgan fingerprint density at radius 2 is 1.79 bits per heavy atom. The average Bonchev–Trinajstić information content (AvgIpc) is 2.73. The summed E-state index contributed by atoms with van der Waals surface area (Å²) in [6.07, 6.45) is 0. The fraction of sp³-hybridized carbons (Fsp3) is 0.0952. The van der Waals surface area contributed by atoms with E-state index >= 15 is 0 Å². The standard InChI is InChI=1S/C21H17BrN2O5/c1-28-20-11-10-16(24(26)27)12-18(20)23-21(25)15-8-6-14(7-9-15)13-29-19-5-3-2-4-17(19)22/h2-12H,13H2,1H3,(H,23,25). The number of ether oxygens (including phenoxy) is 2. The van der Waals surface area contributed by atoms with Crippen LogP contribution < -0.4 is 14.8 Å². The van der Waals surface area contributed by atoms with Crippen molar-refractivity contribution >= 4 is 33.2 Å². The highest BCUT2D eigenvalue weighted by molar-refractivity contribution is 9.10. The van der Waals surface area contributed by atoms with Crippen molar-refractivity contribution < 1.29 is 19.2 Å². The van der Waals surface area contributed by atoms with E-state index in [1.807, 2.05) is 24.3 Å². The van der Waals surface area contributed by atoms with Gasteiger partial charge in [-0.25, -0.2) is 0 Å². The molecule has 7 nitrogen and oxygen atoms in total. The minimum atomic E-state index is -0.533. The van der Waals surface area contributed by atoms with Gasteiger partial charge < -0.3 is 14.8 Å². The molecule has 3 aromatic rings. The maximum Gasteiger partial charge on any atom is 0.271 e. The molecule has 0 unspecified atom stereocenters. The molecule has 29 heavy (non-hydrogen) atoms. The largest absolute Gasteiger partial charge is 0.495 e. The van der Waals surface area contributed by atoms with Crippen molar-refractivity contribution in [2.75, 3.05) is 12.4 Å². The second kappa shape index (κ2) is 9.20. The predicted octanol–water partition coefficient (Wildman–Crippen LogP) is 5.20. The Morgan fingerprint density at radius 3 is 2.45 bits per heavy atom. The first-order valence-corrected chi connectivity index (χ1v) is 9.37. The monoisotopic (exact) mass is 456 g/mol. The van der Waals surface area contributed by atoms with Gasteiger partial charge in [-0.3, -0.25) is 14.9 Å². The predicted molar refractivity (Wildman–Crippen MR) is 113 cm³/mol. The normalized spacial score (nSPS) is 10.3. The zero-order chi connectivity index (χ0) is 20.8. The van der Waals surface area contributed by atoms with Gasteiger partial charge in [0.05, 0.1) is 22.2 Å². The number of rotatable bonds is 7. The van der Waals surface area contributed by atoms with Crippen molar-refractivity contribution in [1.29, 1.82) is 0 Å². The molecule has 0 aromatic heterocycles. The van der Waals surface area contributed by atoms with E-state index in [1.165, 1.54) is 25.3 Å². The number of methoxy groups -OCH3 is 1. The van der Waals surface area contributed by atoms with Crippen molar-refractivity contribution in [3.8, 4) is 11.5 Å². The molecule has 0 aliphatic carbocycles. The lowest BCUT2D eigenvalue weighted by molar-refractivity contribution is -0.384. The van der Waals surface area contributed by atoms with Gasteiger partial charge in [-0.15, -0.1) is 0 Å². The molecule has 1 amide bonds. The van der Waals surface area contributed by atoms with Crippen LogP contribution in [-0.2, 0) is 6.61 Å². The van der Waals surface area contributed by atoms with E-state index in [9.17, 15) is 14.9 Å². The highest BCUT2D eigenvalue weighted by Gasteiger charge is 2.14. The van der Waals surface area contributed by atoms with Crippen LogP contribution in [-0.4, -0.2) is 17.9 Å². The van der Waals surface area contributed by atoms with E-state index < -0.39 is 10.8 Å². The minimum absolute atomic E-state index is 0.138. The van der Waals surface area contributed by atoms with Crippen molar-refractivity contribution in [3.05, 3.63) is 92.4 Å². The Morgan fingerprint density at radius 1 is 1.07 bits per heavy atom. The van der Waals surface area contributed by atoms with Gasteiger partial charge in [0.1, 0.15) is 18.1 Å². The van der Waals surface area contributed by atoms with Crippen LogP contribution in [0.3, 0.4) is 0 Å². The second-order valence-corrected chi connectivity index (χ2v) is 6.87. The van der Waals surface area contributed by atoms with Crippen molar-refractivity contribution in [2.24, 2.45) is 0 Å². The summed E-state index contributed by atoms with van der Waals surface area (Å²) >= 11 is 3.43. The number of carbonyl (C=O) groups is 1. The minimum Gasteiger partial charge on any atom is -0.495 e. The Bertz CT molecular complexity index is 1040. The first-order chi connectivity index (χ1) is 14.0. The number of non-ortho nitro benzene ring substituents is 1. The Kier molecular flexibility index (Phi) is 6.46. The van der Waals surface area contributed by atoms with E-state index in [4.69, 9.17) is 9.47 Å². The van der Waals surface area contributed by atoms with E-state index in [0.717, 1.165) is 15.8 Å². The van der Waals surface area contributed by atoms with Crippen LogP contribution in [0.2, 0.25) is 0 Å². The van der Waals surface area contributed by atoms with Gasteiger partial charge in [0.15, 0.2) is 0 Å². The van der Waals surface area contributed by atoms with Gasteiger partial charge in [-0.1, -0.05) is 24.3 Å². The number of halogens is 1. The van der Waals surface area contributed by atoms with Gasteiger partial charge in [0.25, 0.3) is 11.6 Å². The van der Waals surface area contributed by atoms with E-state index in [-0.39, 0.29) is 11.4 Å². The van der Waals surface area contributed by atoms with Crippen molar-refractivity contribution in [2.45, 2.75) is 6.61 Å². The molecule has 0 saturated heterocycles. The quantitative estimate of drug-likeness (QED) is 0.389. The van der Waals surface area contributed by atoms with Gasteiger partial charge in [-0.05, 0) is 51.8 Å². The van der Waals surface area contributed by atoms with Gasteiger partial charge in [-0.2, -0.15) is 0 Å². The third-order valence-electron chi connectivity index (χ3n) is 4.09. The number of nitro groups is 1. The fourth-order valence-electron chi connectivity index (χ4n) is 2.58. The first kappa shape index (κ1) is 20.3. The average molecular weight is 457 g/mol. The maximum absolute atomic E-state index is 12.5. The lowest BCUT2D eigenvalue weighted by Crippen LogP contribution is -2.13. The summed E-state index contributed by atoms with van der Waals surface area (Å²) in [7, 11) is 1.43. The zero-order valence-corrected chi connectivity index (χ0v) is 17.0. The van der Waals surface area contributed by atoms with Gasteiger partial charge >= 0.3 is 0 Å². The Labute approximate surface area is 175 Å². The molecule has 148 valence electrons. The summed E-state index contributed by atoms with van der Waals surface area (Å²) in [6, 6.07) is 18.5.